The van der Waals surface area contributed by atoms with Crippen LogP contribution in [0.3, 0.4) is 0 Å². The molecule has 2 aromatic carbocycles. The third-order valence-electron chi connectivity index (χ3n) is 5.82. The Labute approximate surface area is 141 Å². The first-order valence-corrected chi connectivity index (χ1v) is 8.68. The van der Waals surface area contributed by atoms with Crippen LogP contribution in [0.25, 0.3) is 11.1 Å². The van der Waals surface area contributed by atoms with Crippen molar-refractivity contribution < 1.29 is 14.6 Å². The maximum Gasteiger partial charge on any atom is 0.231 e. The summed E-state index contributed by atoms with van der Waals surface area (Å²) in [7, 11) is 0. The first kappa shape index (κ1) is 14.3. The molecule has 3 saturated heterocycles. The topological polar surface area (TPSA) is 41.9 Å². The van der Waals surface area contributed by atoms with Gasteiger partial charge in [0.25, 0.3) is 0 Å². The summed E-state index contributed by atoms with van der Waals surface area (Å²) >= 11 is 0. The van der Waals surface area contributed by atoms with Crippen molar-refractivity contribution in [3.63, 3.8) is 0 Å². The smallest absolute Gasteiger partial charge is 0.231 e. The molecule has 0 aromatic heterocycles. The minimum absolute atomic E-state index is 0.294. The zero-order chi connectivity index (χ0) is 16.1. The van der Waals surface area contributed by atoms with E-state index in [1.165, 1.54) is 0 Å². The van der Waals surface area contributed by atoms with Crippen LogP contribution in [0.4, 0.5) is 0 Å². The lowest BCUT2D eigenvalue weighted by atomic mass is 9.71. The predicted molar refractivity (Wildman–Crippen MR) is 91.1 cm³/mol. The first-order valence-electron chi connectivity index (χ1n) is 8.68. The van der Waals surface area contributed by atoms with Crippen LogP contribution in [-0.2, 0) is 5.60 Å². The number of rotatable bonds is 2. The molecule has 24 heavy (non-hydrogen) atoms. The molecule has 4 nitrogen and oxygen atoms in total. The van der Waals surface area contributed by atoms with Gasteiger partial charge in [0.15, 0.2) is 11.5 Å². The first-order chi connectivity index (χ1) is 11.7. The molecule has 2 aromatic rings. The summed E-state index contributed by atoms with van der Waals surface area (Å²) in [6, 6.07) is 14.4. The van der Waals surface area contributed by atoms with Crippen LogP contribution in [0.1, 0.15) is 18.4 Å². The quantitative estimate of drug-likeness (QED) is 0.922. The maximum absolute atomic E-state index is 11.2. The molecule has 1 atom stereocenters. The molecule has 124 valence electrons. The second-order valence-corrected chi connectivity index (χ2v) is 7.12. The maximum atomic E-state index is 11.2. The highest BCUT2D eigenvalue weighted by Gasteiger charge is 2.46. The Morgan fingerprint density at radius 3 is 2.33 bits per heavy atom. The van der Waals surface area contributed by atoms with Crippen LogP contribution < -0.4 is 9.47 Å². The SMILES string of the molecule is OC1(c2ccc(-c3ccc4c(c3)OCO4)cc2)CN2CCC1CC2. The van der Waals surface area contributed by atoms with E-state index >= 15 is 0 Å². The van der Waals surface area contributed by atoms with Gasteiger partial charge < -0.3 is 19.5 Å². The number of fused-ring (bicyclic) bond motifs is 4. The van der Waals surface area contributed by atoms with E-state index in [9.17, 15) is 5.11 Å². The van der Waals surface area contributed by atoms with Crippen LogP contribution in [0.15, 0.2) is 42.5 Å². The van der Waals surface area contributed by atoms with E-state index in [1.807, 2.05) is 18.2 Å². The normalized spacial score (nSPS) is 30.5. The van der Waals surface area contributed by atoms with Crippen molar-refractivity contribution in [2.45, 2.75) is 18.4 Å². The van der Waals surface area contributed by atoms with E-state index in [4.69, 9.17) is 9.47 Å². The number of nitrogens with zero attached hydrogens (tertiary/aromatic N) is 1. The minimum Gasteiger partial charge on any atom is -0.454 e. The lowest BCUT2D eigenvalue weighted by molar-refractivity contribution is -0.117. The van der Waals surface area contributed by atoms with Gasteiger partial charge in [-0.1, -0.05) is 30.3 Å². The van der Waals surface area contributed by atoms with Gasteiger partial charge in [-0.2, -0.15) is 0 Å². The van der Waals surface area contributed by atoms with Crippen molar-refractivity contribution in [2.75, 3.05) is 26.4 Å². The fourth-order valence-corrected chi connectivity index (χ4v) is 4.39. The Morgan fingerprint density at radius 2 is 1.62 bits per heavy atom. The molecular formula is C20H21NO3. The van der Waals surface area contributed by atoms with Gasteiger partial charge >= 0.3 is 0 Å². The molecule has 4 aliphatic heterocycles. The van der Waals surface area contributed by atoms with Crippen molar-refractivity contribution in [1.29, 1.82) is 0 Å². The zero-order valence-electron chi connectivity index (χ0n) is 13.6. The van der Waals surface area contributed by atoms with Gasteiger partial charge in [0.1, 0.15) is 5.60 Å². The Balaban J connectivity index is 1.45. The average Bonchev–Trinajstić information content (AvgIpc) is 3.10. The van der Waals surface area contributed by atoms with Crippen LogP contribution in [-0.4, -0.2) is 36.4 Å². The van der Waals surface area contributed by atoms with Gasteiger partial charge in [-0.15, -0.1) is 0 Å². The molecule has 4 aliphatic rings. The van der Waals surface area contributed by atoms with E-state index in [2.05, 4.69) is 29.2 Å². The summed E-state index contributed by atoms with van der Waals surface area (Å²) < 4.78 is 10.8. The fourth-order valence-electron chi connectivity index (χ4n) is 4.39. The summed E-state index contributed by atoms with van der Waals surface area (Å²) in [6.07, 6.45) is 2.20. The second kappa shape index (κ2) is 5.23. The van der Waals surface area contributed by atoms with Gasteiger partial charge in [0.05, 0.1) is 0 Å². The fraction of sp³-hybridized carbons (Fsp3) is 0.400. The summed E-state index contributed by atoms with van der Waals surface area (Å²) in [5.41, 5.74) is 2.58. The van der Waals surface area contributed by atoms with Crippen LogP contribution in [0.2, 0.25) is 0 Å². The third-order valence-corrected chi connectivity index (χ3v) is 5.82. The van der Waals surface area contributed by atoms with Crippen LogP contribution in [0.5, 0.6) is 11.5 Å². The number of ether oxygens (including phenoxy) is 2. The molecule has 4 heterocycles. The number of aliphatic hydroxyl groups is 1. The monoisotopic (exact) mass is 323 g/mol. The Hall–Kier alpha value is -2.04. The molecule has 1 unspecified atom stereocenters. The standard InChI is InChI=1S/C20H21NO3/c22-20(12-21-9-7-17(20)8-10-21)16-4-1-14(2-5-16)15-3-6-18-19(11-15)24-13-23-18/h1-6,11,17,22H,7-10,12-13H2. The van der Waals surface area contributed by atoms with Gasteiger partial charge in [-0.05, 0) is 60.7 Å². The van der Waals surface area contributed by atoms with E-state index in [0.29, 0.717) is 12.7 Å². The largest absolute Gasteiger partial charge is 0.454 e. The second-order valence-electron chi connectivity index (χ2n) is 7.12. The molecule has 4 heteroatoms. The molecule has 6 rings (SSSR count). The molecule has 1 N–H and O–H groups in total. The number of benzene rings is 2. The van der Waals surface area contributed by atoms with Gasteiger partial charge in [-0.3, -0.25) is 0 Å². The molecule has 0 saturated carbocycles. The average molecular weight is 323 g/mol. The highest BCUT2D eigenvalue weighted by atomic mass is 16.7. The van der Waals surface area contributed by atoms with Gasteiger partial charge in [0, 0.05) is 6.54 Å². The van der Waals surface area contributed by atoms with E-state index in [-0.39, 0.29) is 0 Å². The predicted octanol–water partition coefficient (Wildman–Crippen LogP) is 3.00. The van der Waals surface area contributed by atoms with E-state index in [1.54, 1.807) is 0 Å². The highest BCUT2D eigenvalue weighted by molar-refractivity contribution is 5.68. The Morgan fingerprint density at radius 1 is 0.917 bits per heavy atom. The minimum atomic E-state index is -0.691. The van der Waals surface area contributed by atoms with Crippen LogP contribution >= 0.6 is 0 Å². The molecule has 3 fully saturated rings. The van der Waals surface area contributed by atoms with Crippen molar-refractivity contribution >= 4 is 0 Å². The third kappa shape index (κ3) is 2.14. The van der Waals surface area contributed by atoms with Crippen molar-refractivity contribution in [3.8, 4) is 22.6 Å². The molecule has 0 amide bonds. The highest BCUT2D eigenvalue weighted by Crippen LogP contribution is 2.43. The molecule has 2 bridgehead atoms. The summed E-state index contributed by atoms with van der Waals surface area (Å²) in [6.45, 7) is 3.31. The van der Waals surface area contributed by atoms with E-state index < -0.39 is 5.60 Å². The number of hydrogen-bond acceptors (Lipinski definition) is 4. The van der Waals surface area contributed by atoms with E-state index in [0.717, 1.165) is 60.7 Å². The lowest BCUT2D eigenvalue weighted by Gasteiger charge is -2.50. The number of hydrogen-bond donors (Lipinski definition) is 1. The summed E-state index contributed by atoms with van der Waals surface area (Å²) in [5, 5.41) is 11.2. The van der Waals surface area contributed by atoms with Gasteiger partial charge in [-0.25, -0.2) is 0 Å². The molecule has 0 aliphatic carbocycles. The molecule has 0 radical (unpaired) electrons. The lowest BCUT2D eigenvalue weighted by Crippen LogP contribution is -2.57. The Kier molecular flexibility index (Phi) is 3.12. The zero-order valence-corrected chi connectivity index (χ0v) is 13.6. The van der Waals surface area contributed by atoms with Crippen molar-refractivity contribution in [3.05, 3.63) is 48.0 Å². The van der Waals surface area contributed by atoms with Crippen molar-refractivity contribution in [2.24, 2.45) is 5.92 Å². The van der Waals surface area contributed by atoms with Gasteiger partial charge in [0.2, 0.25) is 6.79 Å². The molecule has 0 spiro atoms. The van der Waals surface area contributed by atoms with Crippen LogP contribution in [0, 0.1) is 5.92 Å². The summed E-state index contributed by atoms with van der Waals surface area (Å²) in [5.74, 6) is 1.99. The summed E-state index contributed by atoms with van der Waals surface area (Å²) in [4.78, 5) is 2.38. The number of piperidine rings is 3. The van der Waals surface area contributed by atoms with Crippen molar-refractivity contribution in [1.82, 2.24) is 4.90 Å². The molecular weight excluding hydrogens is 302 g/mol. The Bertz CT molecular complexity index is 765.